The standard InChI is InChI=1S/C22H35N5O2.HI/c1-5-6-12-28-14-15-29-13-11-24-22(23-2)25-17-18-16-21(27(3)4)26-20-10-8-7-9-19(18)20;/h7-10,16H,5-6,11-15,17H2,1-4H3,(H2,23,24,25);1H. The molecule has 2 N–H and O–H groups in total. The number of fused-ring (bicyclic) bond motifs is 1. The van der Waals surface area contributed by atoms with Crippen LogP contribution in [0.1, 0.15) is 25.3 Å². The van der Waals surface area contributed by atoms with Crippen LogP contribution in [-0.4, -0.2) is 65.1 Å². The highest BCUT2D eigenvalue weighted by Crippen LogP contribution is 2.21. The van der Waals surface area contributed by atoms with Gasteiger partial charge in [-0.15, -0.1) is 24.0 Å². The molecule has 0 fully saturated rings. The zero-order valence-corrected chi connectivity index (χ0v) is 20.9. The maximum atomic E-state index is 5.59. The van der Waals surface area contributed by atoms with Gasteiger partial charge in [0, 0.05) is 46.2 Å². The molecule has 1 aromatic carbocycles. The number of nitrogens with one attached hydrogen (secondary N) is 2. The first kappa shape index (κ1) is 26.4. The molecule has 0 aliphatic carbocycles. The number of benzene rings is 1. The second-order valence-corrected chi connectivity index (χ2v) is 6.98. The Hall–Kier alpha value is -1.65. The number of ether oxygens (including phenoxy) is 2. The number of nitrogens with zero attached hydrogens (tertiary/aromatic N) is 3. The number of pyridine rings is 1. The number of rotatable bonds is 12. The molecule has 0 saturated carbocycles. The van der Waals surface area contributed by atoms with E-state index in [1.165, 1.54) is 5.56 Å². The van der Waals surface area contributed by atoms with Gasteiger partial charge in [0.15, 0.2) is 5.96 Å². The fraction of sp³-hybridized carbons (Fsp3) is 0.545. The third kappa shape index (κ3) is 9.01. The van der Waals surface area contributed by atoms with E-state index in [1.54, 1.807) is 7.05 Å². The summed E-state index contributed by atoms with van der Waals surface area (Å²) >= 11 is 0. The first-order valence-electron chi connectivity index (χ1n) is 10.3. The van der Waals surface area contributed by atoms with Crippen LogP contribution in [0.4, 0.5) is 5.82 Å². The van der Waals surface area contributed by atoms with Crippen LogP contribution in [0.2, 0.25) is 0 Å². The van der Waals surface area contributed by atoms with Crippen molar-refractivity contribution in [2.45, 2.75) is 26.3 Å². The predicted octanol–water partition coefficient (Wildman–Crippen LogP) is 3.42. The van der Waals surface area contributed by atoms with Crippen LogP contribution in [0.5, 0.6) is 0 Å². The lowest BCUT2D eigenvalue weighted by atomic mass is 10.1. The second-order valence-electron chi connectivity index (χ2n) is 6.98. The highest BCUT2D eigenvalue weighted by atomic mass is 127. The van der Waals surface area contributed by atoms with Crippen LogP contribution in [-0.2, 0) is 16.0 Å². The van der Waals surface area contributed by atoms with Gasteiger partial charge in [0.2, 0.25) is 0 Å². The lowest BCUT2D eigenvalue weighted by Crippen LogP contribution is -2.38. The second kappa shape index (κ2) is 15.2. The molecule has 2 rings (SSSR count). The summed E-state index contributed by atoms with van der Waals surface area (Å²) in [7, 11) is 5.78. The minimum atomic E-state index is 0. The number of aromatic nitrogens is 1. The van der Waals surface area contributed by atoms with Crippen molar-refractivity contribution in [3.05, 3.63) is 35.9 Å². The van der Waals surface area contributed by atoms with Gasteiger partial charge in [-0.25, -0.2) is 4.98 Å². The molecule has 0 atom stereocenters. The van der Waals surface area contributed by atoms with Crippen LogP contribution in [0.15, 0.2) is 35.3 Å². The summed E-state index contributed by atoms with van der Waals surface area (Å²) in [5, 5.41) is 7.81. The molecule has 0 amide bonds. The number of aliphatic imine (C=N–C) groups is 1. The number of guanidine groups is 1. The normalized spacial score (nSPS) is 11.3. The van der Waals surface area contributed by atoms with E-state index in [-0.39, 0.29) is 24.0 Å². The van der Waals surface area contributed by atoms with E-state index in [1.807, 2.05) is 37.2 Å². The fourth-order valence-corrected chi connectivity index (χ4v) is 2.82. The van der Waals surface area contributed by atoms with E-state index < -0.39 is 0 Å². The van der Waals surface area contributed by atoms with Crippen molar-refractivity contribution in [3.8, 4) is 0 Å². The molecule has 168 valence electrons. The number of hydrogen-bond acceptors (Lipinski definition) is 5. The zero-order valence-electron chi connectivity index (χ0n) is 18.6. The third-order valence-electron chi connectivity index (χ3n) is 4.47. The van der Waals surface area contributed by atoms with E-state index >= 15 is 0 Å². The third-order valence-corrected chi connectivity index (χ3v) is 4.47. The van der Waals surface area contributed by atoms with Gasteiger partial charge in [0.05, 0.1) is 25.3 Å². The summed E-state index contributed by atoms with van der Waals surface area (Å²) in [6.07, 6.45) is 2.26. The zero-order chi connectivity index (χ0) is 20.9. The van der Waals surface area contributed by atoms with Crippen LogP contribution < -0.4 is 15.5 Å². The number of halogens is 1. The van der Waals surface area contributed by atoms with Gasteiger partial charge in [-0.3, -0.25) is 4.99 Å². The molecule has 1 aromatic heterocycles. The maximum absolute atomic E-state index is 5.59. The molecule has 7 nitrogen and oxygen atoms in total. The number of hydrogen-bond donors (Lipinski definition) is 2. The summed E-state index contributed by atoms with van der Waals surface area (Å²) in [6, 6.07) is 10.3. The van der Waals surface area contributed by atoms with Gasteiger partial charge in [0.1, 0.15) is 5.82 Å². The molecular formula is C22H36IN5O2. The minimum absolute atomic E-state index is 0. The summed E-state index contributed by atoms with van der Waals surface area (Å²) < 4.78 is 11.1. The Kier molecular flexibility index (Phi) is 13.4. The predicted molar refractivity (Wildman–Crippen MR) is 136 cm³/mol. The van der Waals surface area contributed by atoms with Crippen LogP contribution in [0.3, 0.4) is 0 Å². The molecule has 0 unspecified atom stereocenters. The molecule has 8 heteroatoms. The molecule has 0 saturated heterocycles. The number of unbranched alkanes of at least 4 members (excludes halogenated alkanes) is 1. The van der Waals surface area contributed by atoms with Crippen LogP contribution >= 0.6 is 24.0 Å². The van der Waals surface area contributed by atoms with Crippen molar-refractivity contribution in [1.82, 2.24) is 15.6 Å². The highest BCUT2D eigenvalue weighted by molar-refractivity contribution is 14.0. The molecule has 30 heavy (non-hydrogen) atoms. The van der Waals surface area contributed by atoms with Gasteiger partial charge < -0.3 is 25.0 Å². The number of para-hydroxylation sites is 1. The molecule has 0 bridgehead atoms. The summed E-state index contributed by atoms with van der Waals surface area (Å²) in [5.41, 5.74) is 2.18. The molecule has 0 radical (unpaired) electrons. The van der Waals surface area contributed by atoms with Gasteiger partial charge in [-0.1, -0.05) is 31.5 Å². The Balaban J connectivity index is 0.00000450. The van der Waals surface area contributed by atoms with E-state index in [0.717, 1.165) is 42.1 Å². The average Bonchev–Trinajstić information content (AvgIpc) is 2.74. The molecule has 0 aliphatic rings. The van der Waals surface area contributed by atoms with Crippen molar-refractivity contribution >= 4 is 46.7 Å². The highest BCUT2D eigenvalue weighted by Gasteiger charge is 2.08. The van der Waals surface area contributed by atoms with Crippen molar-refractivity contribution in [3.63, 3.8) is 0 Å². The van der Waals surface area contributed by atoms with Crippen molar-refractivity contribution < 1.29 is 9.47 Å². The topological polar surface area (TPSA) is 71.0 Å². The van der Waals surface area contributed by atoms with E-state index in [0.29, 0.717) is 32.9 Å². The Labute approximate surface area is 197 Å². The summed E-state index contributed by atoms with van der Waals surface area (Å²) in [4.78, 5) is 11.0. The van der Waals surface area contributed by atoms with Crippen molar-refractivity contribution in [1.29, 1.82) is 0 Å². The quantitative estimate of drug-likeness (QED) is 0.190. The molecule has 2 aromatic rings. The first-order chi connectivity index (χ1) is 14.2. The van der Waals surface area contributed by atoms with Gasteiger partial charge in [0.25, 0.3) is 0 Å². The Morgan fingerprint density at radius 1 is 1.07 bits per heavy atom. The fourth-order valence-electron chi connectivity index (χ4n) is 2.82. The lowest BCUT2D eigenvalue weighted by molar-refractivity contribution is 0.0487. The largest absolute Gasteiger partial charge is 0.379 e. The molecular weight excluding hydrogens is 493 g/mol. The Bertz CT molecular complexity index is 770. The smallest absolute Gasteiger partial charge is 0.191 e. The van der Waals surface area contributed by atoms with Gasteiger partial charge in [-0.2, -0.15) is 0 Å². The molecule has 0 spiro atoms. The Morgan fingerprint density at radius 2 is 1.80 bits per heavy atom. The van der Waals surface area contributed by atoms with Gasteiger partial charge in [-0.05, 0) is 24.1 Å². The molecule has 1 heterocycles. The summed E-state index contributed by atoms with van der Waals surface area (Å²) in [6.45, 7) is 6.20. The molecule has 0 aliphatic heterocycles. The maximum Gasteiger partial charge on any atom is 0.191 e. The van der Waals surface area contributed by atoms with E-state index in [9.17, 15) is 0 Å². The monoisotopic (exact) mass is 529 g/mol. The Morgan fingerprint density at radius 3 is 2.50 bits per heavy atom. The average molecular weight is 529 g/mol. The minimum Gasteiger partial charge on any atom is -0.379 e. The van der Waals surface area contributed by atoms with Crippen molar-refractivity contribution in [2.75, 3.05) is 59.0 Å². The SMILES string of the molecule is CCCCOCCOCCNC(=NC)NCc1cc(N(C)C)nc2ccccc12.I. The van der Waals surface area contributed by atoms with Crippen LogP contribution in [0, 0.1) is 0 Å². The first-order valence-corrected chi connectivity index (χ1v) is 10.3. The van der Waals surface area contributed by atoms with Gasteiger partial charge >= 0.3 is 0 Å². The van der Waals surface area contributed by atoms with Crippen LogP contribution in [0.25, 0.3) is 10.9 Å². The summed E-state index contributed by atoms with van der Waals surface area (Å²) in [5.74, 6) is 1.69. The van der Waals surface area contributed by atoms with E-state index in [2.05, 4.69) is 34.7 Å². The number of anilines is 1. The lowest BCUT2D eigenvalue weighted by Gasteiger charge is -2.17. The van der Waals surface area contributed by atoms with Crippen molar-refractivity contribution in [2.24, 2.45) is 4.99 Å². The van der Waals surface area contributed by atoms with E-state index in [4.69, 9.17) is 14.5 Å².